The number of benzene rings is 1. The second-order valence-corrected chi connectivity index (χ2v) is 4.68. The number of ether oxygens (including phenoxy) is 1. The molecule has 0 aromatic heterocycles. The first-order valence-electron chi connectivity index (χ1n) is 3.76. The highest BCUT2D eigenvalue weighted by Crippen LogP contribution is 2.47. The molecule has 0 bridgehead atoms. The van der Waals surface area contributed by atoms with E-state index >= 15 is 0 Å². The Hall–Kier alpha value is -1.56. The van der Waals surface area contributed by atoms with Crippen molar-refractivity contribution in [1.29, 1.82) is 0 Å². The van der Waals surface area contributed by atoms with Gasteiger partial charge in [0.1, 0.15) is 9.79 Å². The van der Waals surface area contributed by atoms with E-state index in [9.17, 15) is 13.2 Å². The highest BCUT2D eigenvalue weighted by Gasteiger charge is 2.46. The SMILES string of the molecule is COC(=O)c1ccc(N)c2c1S2(=O)=O. The first kappa shape index (κ1) is 9.01. The molecule has 0 saturated heterocycles. The maximum absolute atomic E-state index is 11.3. The molecule has 0 amide bonds. The van der Waals surface area contributed by atoms with Gasteiger partial charge >= 0.3 is 5.97 Å². The van der Waals surface area contributed by atoms with E-state index in [1.807, 2.05) is 0 Å². The van der Waals surface area contributed by atoms with E-state index in [0.29, 0.717) is 0 Å². The monoisotopic (exact) mass is 213 g/mol. The Kier molecular flexibility index (Phi) is 1.59. The summed E-state index contributed by atoms with van der Waals surface area (Å²) in [4.78, 5) is 11.2. The van der Waals surface area contributed by atoms with Crippen LogP contribution >= 0.6 is 0 Å². The molecule has 6 heteroatoms. The summed E-state index contributed by atoms with van der Waals surface area (Å²) in [5.41, 5.74) is 5.65. The van der Waals surface area contributed by atoms with Gasteiger partial charge in [0, 0.05) is 0 Å². The van der Waals surface area contributed by atoms with Crippen molar-refractivity contribution in [2.75, 3.05) is 12.8 Å². The minimum atomic E-state index is -3.42. The molecular weight excluding hydrogens is 206 g/mol. The quantitative estimate of drug-likeness (QED) is 0.415. The third kappa shape index (κ3) is 0.941. The number of esters is 1. The van der Waals surface area contributed by atoms with Crippen molar-refractivity contribution < 1.29 is 17.9 Å². The van der Waals surface area contributed by atoms with E-state index < -0.39 is 15.8 Å². The average molecular weight is 213 g/mol. The number of nitrogen functional groups attached to an aromatic ring is 1. The lowest BCUT2D eigenvalue weighted by molar-refractivity contribution is 0.0596. The summed E-state index contributed by atoms with van der Waals surface area (Å²) in [6.07, 6.45) is 0. The Labute approximate surface area is 80.4 Å². The Morgan fingerprint density at radius 3 is 2.57 bits per heavy atom. The molecular formula is C8H7NO4S. The fourth-order valence-electron chi connectivity index (χ4n) is 1.34. The lowest BCUT2D eigenvalue weighted by Crippen LogP contribution is -2.01. The first-order valence-corrected chi connectivity index (χ1v) is 5.24. The van der Waals surface area contributed by atoms with Gasteiger partial charge in [-0.2, -0.15) is 0 Å². The van der Waals surface area contributed by atoms with E-state index in [1.54, 1.807) is 0 Å². The van der Waals surface area contributed by atoms with Crippen LogP contribution in [-0.2, 0) is 14.6 Å². The maximum Gasteiger partial charge on any atom is 0.339 e. The van der Waals surface area contributed by atoms with Crippen molar-refractivity contribution >= 4 is 21.5 Å². The molecule has 5 nitrogen and oxygen atoms in total. The largest absolute Gasteiger partial charge is 0.465 e. The number of anilines is 1. The number of nitrogens with two attached hydrogens (primary N) is 1. The highest BCUT2D eigenvalue weighted by molar-refractivity contribution is 7.97. The fourth-order valence-corrected chi connectivity index (χ4v) is 2.98. The Balaban J connectivity index is 2.67. The second-order valence-electron chi connectivity index (χ2n) is 2.86. The number of rotatable bonds is 1. The van der Waals surface area contributed by atoms with Crippen LogP contribution in [0.4, 0.5) is 5.69 Å². The normalized spacial score (nSPS) is 15.8. The second kappa shape index (κ2) is 2.48. The van der Waals surface area contributed by atoms with Gasteiger partial charge in [0.15, 0.2) is 0 Å². The van der Waals surface area contributed by atoms with Crippen molar-refractivity contribution in [1.82, 2.24) is 0 Å². The number of carbonyl (C=O) groups is 1. The van der Waals surface area contributed by atoms with Gasteiger partial charge in [-0.25, -0.2) is 13.2 Å². The predicted molar refractivity (Wildman–Crippen MR) is 47.6 cm³/mol. The van der Waals surface area contributed by atoms with Crippen LogP contribution in [0.25, 0.3) is 0 Å². The Bertz CT molecular complexity index is 533. The van der Waals surface area contributed by atoms with E-state index in [4.69, 9.17) is 5.73 Å². The minimum Gasteiger partial charge on any atom is -0.465 e. The van der Waals surface area contributed by atoms with Crippen molar-refractivity contribution in [2.24, 2.45) is 0 Å². The fraction of sp³-hybridized carbons (Fsp3) is 0.125. The lowest BCUT2D eigenvalue weighted by atomic mass is 10.2. The van der Waals surface area contributed by atoms with Crippen LogP contribution in [-0.4, -0.2) is 21.5 Å². The van der Waals surface area contributed by atoms with Gasteiger partial charge in [0.25, 0.3) is 0 Å². The number of methoxy groups -OCH3 is 1. The van der Waals surface area contributed by atoms with Crippen molar-refractivity contribution in [3.8, 4) is 0 Å². The molecule has 1 aliphatic heterocycles. The van der Waals surface area contributed by atoms with Gasteiger partial charge in [0.05, 0.1) is 18.4 Å². The van der Waals surface area contributed by atoms with Gasteiger partial charge in [-0.15, -0.1) is 0 Å². The molecule has 2 rings (SSSR count). The zero-order chi connectivity index (χ0) is 10.5. The van der Waals surface area contributed by atoms with E-state index in [2.05, 4.69) is 4.74 Å². The van der Waals surface area contributed by atoms with Crippen LogP contribution in [0, 0.1) is 0 Å². The summed E-state index contributed by atoms with van der Waals surface area (Å²) in [6, 6.07) is 2.74. The molecule has 0 fully saturated rings. The van der Waals surface area contributed by atoms with Crippen LogP contribution in [0.2, 0.25) is 0 Å². The third-order valence-electron chi connectivity index (χ3n) is 2.04. The summed E-state index contributed by atoms with van der Waals surface area (Å²) in [7, 11) is -2.22. The van der Waals surface area contributed by atoms with E-state index in [0.717, 1.165) is 0 Å². The summed E-state index contributed by atoms with van der Waals surface area (Å²) >= 11 is 0. The molecule has 0 aliphatic carbocycles. The number of carbonyl (C=O) groups excluding carboxylic acids is 1. The zero-order valence-corrected chi connectivity index (χ0v) is 8.09. The van der Waals surface area contributed by atoms with E-state index in [-0.39, 0.29) is 21.0 Å². The molecule has 0 atom stereocenters. The average Bonchev–Trinajstić information content (AvgIpc) is 2.71. The summed E-state index contributed by atoms with van der Waals surface area (Å²) < 4.78 is 27.0. The molecule has 1 aromatic rings. The van der Waals surface area contributed by atoms with Crippen LogP contribution in [0.5, 0.6) is 0 Å². The third-order valence-corrected chi connectivity index (χ3v) is 3.78. The molecule has 0 unspecified atom stereocenters. The van der Waals surface area contributed by atoms with Gasteiger partial charge in [-0.05, 0) is 12.1 Å². The maximum atomic E-state index is 11.3. The molecule has 0 radical (unpaired) electrons. The number of sulfone groups is 1. The lowest BCUT2D eigenvalue weighted by Gasteiger charge is -1.95. The van der Waals surface area contributed by atoms with Crippen LogP contribution in [0.15, 0.2) is 21.9 Å². The number of hydrogen-bond acceptors (Lipinski definition) is 5. The van der Waals surface area contributed by atoms with Gasteiger partial charge in [0.2, 0.25) is 9.84 Å². The molecule has 2 N–H and O–H groups in total. The molecule has 74 valence electrons. The topological polar surface area (TPSA) is 86.5 Å². The summed E-state index contributed by atoms with van der Waals surface area (Å²) in [5.74, 6) is -0.665. The number of fused-ring (bicyclic) bond motifs is 1. The van der Waals surface area contributed by atoms with Crippen LogP contribution in [0.3, 0.4) is 0 Å². The standard InChI is InChI=1S/C8H7NO4S/c1-13-8(10)4-2-3-5(9)7-6(4)14(7,11)12/h2-3H,9H2,1H3. The Morgan fingerprint density at radius 1 is 1.36 bits per heavy atom. The van der Waals surface area contributed by atoms with Crippen molar-refractivity contribution in [3.05, 3.63) is 17.7 Å². The van der Waals surface area contributed by atoms with E-state index in [1.165, 1.54) is 19.2 Å². The molecule has 0 saturated carbocycles. The zero-order valence-electron chi connectivity index (χ0n) is 7.27. The Morgan fingerprint density at radius 2 is 2.00 bits per heavy atom. The van der Waals surface area contributed by atoms with Gasteiger partial charge in [-0.3, -0.25) is 0 Å². The first-order chi connectivity index (χ1) is 6.50. The van der Waals surface area contributed by atoms with Crippen molar-refractivity contribution in [2.45, 2.75) is 9.79 Å². The molecule has 14 heavy (non-hydrogen) atoms. The highest BCUT2D eigenvalue weighted by atomic mass is 32.2. The summed E-state index contributed by atoms with van der Waals surface area (Å²) in [6.45, 7) is 0. The number of hydrogen-bond donors (Lipinski definition) is 1. The van der Waals surface area contributed by atoms with Gasteiger partial charge < -0.3 is 10.5 Å². The van der Waals surface area contributed by atoms with Crippen LogP contribution < -0.4 is 5.73 Å². The van der Waals surface area contributed by atoms with Crippen molar-refractivity contribution in [3.63, 3.8) is 0 Å². The molecule has 1 aromatic carbocycles. The molecule has 0 spiro atoms. The van der Waals surface area contributed by atoms with Gasteiger partial charge in [-0.1, -0.05) is 0 Å². The van der Waals surface area contributed by atoms with Crippen LogP contribution in [0.1, 0.15) is 10.4 Å². The predicted octanol–water partition coefficient (Wildman–Crippen LogP) is 0.202. The minimum absolute atomic E-state index is 0.00403. The molecule has 1 aliphatic rings. The summed E-state index contributed by atoms with van der Waals surface area (Å²) in [5, 5.41) is 0. The molecule has 1 heterocycles. The smallest absolute Gasteiger partial charge is 0.339 e.